The van der Waals surface area contributed by atoms with Crippen LogP contribution in [-0.2, 0) is 26.3 Å². The van der Waals surface area contributed by atoms with E-state index < -0.39 is 17.4 Å². The van der Waals surface area contributed by atoms with E-state index in [2.05, 4.69) is 24.1 Å². The number of imide groups is 1. The first-order valence-electron chi connectivity index (χ1n) is 10.6. The minimum absolute atomic E-state index is 0.0185. The fraction of sp³-hybridized carbons (Fsp3) is 0.591. The van der Waals surface area contributed by atoms with E-state index in [0.29, 0.717) is 6.54 Å². The van der Waals surface area contributed by atoms with Crippen molar-refractivity contribution in [3.63, 3.8) is 0 Å². The van der Waals surface area contributed by atoms with Gasteiger partial charge in [-0.1, -0.05) is 38.5 Å². The van der Waals surface area contributed by atoms with Gasteiger partial charge in [0.1, 0.15) is 5.54 Å². The third kappa shape index (κ3) is 1.94. The van der Waals surface area contributed by atoms with Gasteiger partial charge in [-0.15, -0.1) is 0 Å². The summed E-state index contributed by atoms with van der Waals surface area (Å²) < 4.78 is 0. The lowest BCUT2D eigenvalue weighted by Crippen LogP contribution is -2.54. The normalized spacial score (nSPS) is 33.6. The molecule has 4 atom stereocenters. The molecule has 6 heteroatoms. The Balaban J connectivity index is 1.69. The summed E-state index contributed by atoms with van der Waals surface area (Å²) >= 11 is 0. The van der Waals surface area contributed by atoms with Gasteiger partial charge in [-0.3, -0.25) is 24.2 Å². The van der Waals surface area contributed by atoms with Crippen molar-refractivity contribution in [2.45, 2.75) is 57.5 Å². The molecule has 28 heavy (non-hydrogen) atoms. The van der Waals surface area contributed by atoms with E-state index in [1.807, 2.05) is 18.2 Å². The Kier molecular flexibility index (Phi) is 3.92. The molecule has 4 aliphatic heterocycles. The van der Waals surface area contributed by atoms with E-state index >= 15 is 0 Å². The van der Waals surface area contributed by atoms with Crippen molar-refractivity contribution in [3.8, 4) is 0 Å². The number of carbonyl (C=O) groups excluding carboxylic acids is 3. The fourth-order valence-corrected chi connectivity index (χ4v) is 6.18. The number of unbranched alkanes of at least 4 members (excludes halogenated alkanes) is 1. The molecule has 1 spiro atoms. The van der Waals surface area contributed by atoms with Crippen LogP contribution in [-0.4, -0.2) is 46.7 Å². The minimum Gasteiger partial charge on any atom is -0.324 e. The zero-order valence-corrected chi connectivity index (χ0v) is 16.5. The standard InChI is InChI=1S/C22H27N3O3/c1-3-5-11-24-19(26)16-15-10-7-12-25(15)22(17(16)20(24)27)14-9-6-8-13(4-2)18(14)23-21(22)28/h6,8-9,15-17H,3-5,7,10-12H2,1-2H3,(H,23,28)/t15?,16-,17+,22?/m0/s1. The maximum Gasteiger partial charge on any atom is 0.250 e. The number of nitrogens with zero attached hydrogens (tertiary/aromatic N) is 2. The lowest BCUT2D eigenvalue weighted by Gasteiger charge is -2.36. The van der Waals surface area contributed by atoms with Crippen LogP contribution >= 0.6 is 0 Å². The molecule has 0 aromatic heterocycles. The Morgan fingerprint density at radius 3 is 2.75 bits per heavy atom. The highest BCUT2D eigenvalue weighted by Gasteiger charge is 2.74. The Labute approximate surface area is 165 Å². The molecule has 1 aromatic rings. The Hall–Kier alpha value is -2.21. The topological polar surface area (TPSA) is 69.7 Å². The lowest BCUT2D eigenvalue weighted by atomic mass is 9.75. The quantitative estimate of drug-likeness (QED) is 0.813. The summed E-state index contributed by atoms with van der Waals surface area (Å²) in [5.41, 5.74) is 1.81. The van der Waals surface area contributed by atoms with Gasteiger partial charge in [0.05, 0.1) is 11.8 Å². The number of amides is 3. The highest BCUT2D eigenvalue weighted by atomic mass is 16.2. The van der Waals surface area contributed by atoms with E-state index in [1.165, 1.54) is 4.90 Å². The number of anilines is 1. The molecule has 4 aliphatic rings. The third-order valence-corrected chi connectivity index (χ3v) is 7.32. The third-order valence-electron chi connectivity index (χ3n) is 7.32. The van der Waals surface area contributed by atoms with Crippen LogP contribution in [0.25, 0.3) is 0 Å². The molecular formula is C22H27N3O3. The summed E-state index contributed by atoms with van der Waals surface area (Å²) in [5, 5.41) is 3.11. The van der Waals surface area contributed by atoms with Crippen molar-refractivity contribution >= 4 is 23.4 Å². The fourth-order valence-electron chi connectivity index (χ4n) is 6.18. The monoisotopic (exact) mass is 381 g/mol. The predicted molar refractivity (Wildman–Crippen MR) is 104 cm³/mol. The number of likely N-dealkylation sites (tertiary alicyclic amines) is 1. The number of aryl methyl sites for hydroxylation is 1. The van der Waals surface area contributed by atoms with E-state index in [0.717, 1.165) is 55.5 Å². The number of para-hydroxylation sites is 1. The molecule has 5 rings (SSSR count). The number of nitrogens with one attached hydrogen (secondary N) is 1. The Morgan fingerprint density at radius 1 is 1.18 bits per heavy atom. The van der Waals surface area contributed by atoms with Crippen molar-refractivity contribution in [2.75, 3.05) is 18.4 Å². The number of benzene rings is 1. The molecule has 1 N–H and O–H groups in total. The van der Waals surface area contributed by atoms with Crippen LogP contribution in [0.15, 0.2) is 18.2 Å². The number of hydrogen-bond donors (Lipinski definition) is 1. The smallest absolute Gasteiger partial charge is 0.250 e. The van der Waals surface area contributed by atoms with Gasteiger partial charge >= 0.3 is 0 Å². The van der Waals surface area contributed by atoms with Crippen LogP contribution < -0.4 is 5.32 Å². The molecule has 3 fully saturated rings. The van der Waals surface area contributed by atoms with E-state index in [9.17, 15) is 14.4 Å². The molecule has 1 aromatic carbocycles. The Bertz CT molecular complexity index is 882. The summed E-state index contributed by atoms with van der Waals surface area (Å²) in [7, 11) is 0. The maximum absolute atomic E-state index is 13.5. The van der Waals surface area contributed by atoms with Gasteiger partial charge in [0, 0.05) is 23.8 Å². The van der Waals surface area contributed by atoms with Crippen LogP contribution in [0.1, 0.15) is 50.7 Å². The lowest BCUT2D eigenvalue weighted by molar-refractivity contribution is -0.145. The van der Waals surface area contributed by atoms with E-state index in [4.69, 9.17) is 0 Å². The van der Waals surface area contributed by atoms with Gasteiger partial charge in [-0.25, -0.2) is 0 Å². The first kappa shape index (κ1) is 17.9. The molecule has 4 heterocycles. The number of rotatable bonds is 4. The molecule has 2 unspecified atom stereocenters. The second-order valence-electron chi connectivity index (χ2n) is 8.50. The average molecular weight is 381 g/mol. The SMILES string of the molecule is CCCCN1C(=O)[C@H]2C3CCCN3C3(C(=O)Nc4c(CC)cccc43)[C@H]2C1=O. The van der Waals surface area contributed by atoms with Crippen molar-refractivity contribution in [2.24, 2.45) is 11.8 Å². The molecule has 0 aliphatic carbocycles. The van der Waals surface area contributed by atoms with Crippen LogP contribution in [0.5, 0.6) is 0 Å². The van der Waals surface area contributed by atoms with Gasteiger partial charge in [0.25, 0.3) is 0 Å². The second kappa shape index (κ2) is 6.14. The summed E-state index contributed by atoms with van der Waals surface area (Å²) in [4.78, 5) is 44.0. The van der Waals surface area contributed by atoms with Crippen molar-refractivity contribution < 1.29 is 14.4 Å². The van der Waals surface area contributed by atoms with Crippen molar-refractivity contribution in [1.29, 1.82) is 0 Å². The molecule has 3 saturated heterocycles. The zero-order chi connectivity index (χ0) is 19.6. The van der Waals surface area contributed by atoms with Crippen molar-refractivity contribution in [1.82, 2.24) is 9.80 Å². The van der Waals surface area contributed by atoms with Gasteiger partial charge < -0.3 is 5.32 Å². The van der Waals surface area contributed by atoms with Gasteiger partial charge in [0.15, 0.2) is 0 Å². The number of carbonyl (C=O) groups is 3. The summed E-state index contributed by atoms with van der Waals surface area (Å²) in [5.74, 6) is -1.33. The van der Waals surface area contributed by atoms with Crippen LogP contribution in [0.3, 0.4) is 0 Å². The summed E-state index contributed by atoms with van der Waals surface area (Å²) in [6.07, 6.45) is 4.38. The van der Waals surface area contributed by atoms with E-state index in [-0.39, 0.29) is 23.8 Å². The summed E-state index contributed by atoms with van der Waals surface area (Å²) in [6.45, 7) is 5.35. The first-order valence-corrected chi connectivity index (χ1v) is 10.6. The van der Waals surface area contributed by atoms with Crippen molar-refractivity contribution in [3.05, 3.63) is 29.3 Å². The van der Waals surface area contributed by atoms with Gasteiger partial charge in [-0.2, -0.15) is 0 Å². The van der Waals surface area contributed by atoms with Gasteiger partial charge in [0.2, 0.25) is 17.7 Å². The number of hydrogen-bond acceptors (Lipinski definition) is 4. The minimum atomic E-state index is -1.03. The zero-order valence-electron chi connectivity index (χ0n) is 16.5. The Morgan fingerprint density at radius 2 is 2.00 bits per heavy atom. The highest BCUT2D eigenvalue weighted by Crippen LogP contribution is 2.60. The molecule has 3 amide bonds. The molecule has 0 saturated carbocycles. The van der Waals surface area contributed by atoms with Gasteiger partial charge in [-0.05, 0) is 37.8 Å². The molecule has 148 valence electrons. The van der Waals surface area contributed by atoms with Crippen LogP contribution in [0.2, 0.25) is 0 Å². The van der Waals surface area contributed by atoms with Crippen LogP contribution in [0.4, 0.5) is 5.69 Å². The largest absolute Gasteiger partial charge is 0.324 e. The van der Waals surface area contributed by atoms with Crippen LogP contribution in [0, 0.1) is 11.8 Å². The highest BCUT2D eigenvalue weighted by molar-refractivity contribution is 6.15. The maximum atomic E-state index is 13.5. The predicted octanol–water partition coefficient (Wildman–Crippen LogP) is 2.28. The molecular weight excluding hydrogens is 354 g/mol. The summed E-state index contributed by atoms with van der Waals surface area (Å²) in [6, 6.07) is 5.97. The average Bonchev–Trinajstić information content (AvgIpc) is 3.39. The second-order valence-corrected chi connectivity index (χ2v) is 8.50. The molecule has 6 nitrogen and oxygen atoms in total. The first-order chi connectivity index (χ1) is 13.6. The molecule has 0 bridgehead atoms. The van der Waals surface area contributed by atoms with E-state index in [1.54, 1.807) is 0 Å². The molecule has 0 radical (unpaired) electrons. The number of fused-ring (bicyclic) bond motifs is 7.